The third kappa shape index (κ3) is 2.72. The molecule has 0 saturated heterocycles. The van der Waals surface area contributed by atoms with E-state index in [1.165, 1.54) is 5.56 Å². The zero-order valence-corrected chi connectivity index (χ0v) is 15.4. The van der Waals surface area contributed by atoms with Gasteiger partial charge in [-0.05, 0) is 36.8 Å². The Balaban J connectivity index is 1.45. The van der Waals surface area contributed by atoms with Gasteiger partial charge in [-0.2, -0.15) is 5.10 Å². The Hall–Kier alpha value is -3.61. The molecule has 1 aromatic carbocycles. The van der Waals surface area contributed by atoms with Gasteiger partial charge in [-0.15, -0.1) is 0 Å². The third-order valence-electron chi connectivity index (χ3n) is 5.14. The summed E-state index contributed by atoms with van der Waals surface area (Å²) in [6.45, 7) is 1.16. The Labute approximate surface area is 161 Å². The predicted octanol–water partition coefficient (Wildman–Crippen LogP) is 2.62. The largest absolute Gasteiger partial charge is 0.332 e. The molecule has 0 bridgehead atoms. The van der Waals surface area contributed by atoms with Gasteiger partial charge in [0.1, 0.15) is 0 Å². The highest BCUT2D eigenvalue weighted by Crippen LogP contribution is 2.30. The van der Waals surface area contributed by atoms with Gasteiger partial charge in [0, 0.05) is 55.1 Å². The first-order chi connectivity index (χ1) is 13.7. The Morgan fingerprint density at radius 3 is 2.75 bits per heavy atom. The van der Waals surface area contributed by atoms with E-state index in [2.05, 4.69) is 20.1 Å². The molecule has 138 valence electrons. The molecule has 0 spiro atoms. The maximum Gasteiger partial charge on any atom is 0.254 e. The highest BCUT2D eigenvalue weighted by atomic mass is 16.2. The van der Waals surface area contributed by atoms with E-state index in [0.29, 0.717) is 18.7 Å². The lowest BCUT2D eigenvalue weighted by molar-refractivity contribution is 0.0732. The van der Waals surface area contributed by atoms with Gasteiger partial charge in [-0.1, -0.05) is 0 Å². The minimum atomic E-state index is -0.00761. The van der Waals surface area contributed by atoms with Crippen LogP contribution in [0.1, 0.15) is 21.6 Å². The molecule has 0 fully saturated rings. The van der Waals surface area contributed by atoms with Crippen LogP contribution in [0.5, 0.6) is 0 Å². The standard InChI is InChI=1S/C21H18N6O/c1-26-20(15-3-2-7-22-12-15)16-6-10-27(13-19(16)25-26)21(28)14-4-5-17-18(11-14)24-9-8-23-17/h2-5,7-9,11-12H,6,10,13H2,1H3. The SMILES string of the molecule is Cn1nc2c(c1-c1cccnc1)CCN(C(=O)c1ccc3nccnc3c1)C2. The van der Waals surface area contributed by atoms with Crippen LogP contribution in [-0.2, 0) is 20.0 Å². The second-order valence-corrected chi connectivity index (χ2v) is 6.88. The smallest absolute Gasteiger partial charge is 0.254 e. The number of amides is 1. The molecule has 1 aliphatic rings. The lowest BCUT2D eigenvalue weighted by Crippen LogP contribution is -2.36. The first-order valence-electron chi connectivity index (χ1n) is 9.16. The van der Waals surface area contributed by atoms with Gasteiger partial charge in [-0.25, -0.2) is 0 Å². The fraction of sp³-hybridized carbons (Fsp3) is 0.190. The minimum Gasteiger partial charge on any atom is -0.332 e. The molecule has 7 heteroatoms. The molecule has 0 radical (unpaired) electrons. The van der Waals surface area contributed by atoms with Gasteiger partial charge in [-0.3, -0.25) is 24.4 Å². The summed E-state index contributed by atoms with van der Waals surface area (Å²) >= 11 is 0. The summed E-state index contributed by atoms with van der Waals surface area (Å²) in [5.41, 5.74) is 6.40. The van der Waals surface area contributed by atoms with Crippen LogP contribution in [-0.4, -0.2) is 42.1 Å². The van der Waals surface area contributed by atoms with Gasteiger partial charge < -0.3 is 4.90 Å². The number of carbonyl (C=O) groups is 1. The summed E-state index contributed by atoms with van der Waals surface area (Å²) < 4.78 is 1.89. The molecule has 0 saturated carbocycles. The number of hydrogen-bond acceptors (Lipinski definition) is 5. The van der Waals surface area contributed by atoms with E-state index in [4.69, 9.17) is 0 Å². The molecule has 0 aliphatic carbocycles. The number of rotatable bonds is 2. The van der Waals surface area contributed by atoms with E-state index in [1.54, 1.807) is 24.7 Å². The van der Waals surface area contributed by atoms with E-state index < -0.39 is 0 Å². The highest BCUT2D eigenvalue weighted by molar-refractivity contribution is 5.97. The topological polar surface area (TPSA) is 76.8 Å². The van der Waals surface area contributed by atoms with Crippen LogP contribution >= 0.6 is 0 Å². The van der Waals surface area contributed by atoms with E-state index >= 15 is 0 Å². The van der Waals surface area contributed by atoms with Crippen molar-refractivity contribution in [3.05, 3.63) is 71.9 Å². The minimum absolute atomic E-state index is 0.00761. The van der Waals surface area contributed by atoms with Crippen LogP contribution in [0.2, 0.25) is 0 Å². The molecule has 28 heavy (non-hydrogen) atoms. The molecule has 4 heterocycles. The number of nitrogens with zero attached hydrogens (tertiary/aromatic N) is 6. The van der Waals surface area contributed by atoms with Gasteiger partial charge >= 0.3 is 0 Å². The van der Waals surface area contributed by atoms with Crippen molar-refractivity contribution in [2.75, 3.05) is 6.54 Å². The fourth-order valence-electron chi connectivity index (χ4n) is 3.84. The summed E-state index contributed by atoms with van der Waals surface area (Å²) in [6, 6.07) is 9.42. The molecule has 4 aromatic rings. The summed E-state index contributed by atoms with van der Waals surface area (Å²) in [4.78, 5) is 27.7. The normalized spacial score (nSPS) is 13.5. The Bertz CT molecular complexity index is 1180. The lowest BCUT2D eigenvalue weighted by Gasteiger charge is -2.26. The van der Waals surface area contributed by atoms with Crippen molar-refractivity contribution >= 4 is 16.9 Å². The summed E-state index contributed by atoms with van der Waals surface area (Å²) in [5, 5.41) is 4.68. The first kappa shape index (κ1) is 16.6. The van der Waals surface area contributed by atoms with Crippen molar-refractivity contribution < 1.29 is 4.79 Å². The summed E-state index contributed by atoms with van der Waals surface area (Å²) in [7, 11) is 1.94. The van der Waals surface area contributed by atoms with Crippen molar-refractivity contribution in [1.29, 1.82) is 0 Å². The van der Waals surface area contributed by atoms with Crippen LogP contribution in [0.4, 0.5) is 0 Å². The van der Waals surface area contributed by atoms with Crippen LogP contribution in [0, 0.1) is 0 Å². The summed E-state index contributed by atoms with van der Waals surface area (Å²) in [5.74, 6) is -0.00761. The molecule has 5 rings (SSSR count). The Morgan fingerprint density at radius 1 is 1.07 bits per heavy atom. The van der Waals surface area contributed by atoms with Crippen LogP contribution in [0.3, 0.4) is 0 Å². The molecule has 1 amide bonds. The lowest BCUT2D eigenvalue weighted by atomic mass is 10.00. The van der Waals surface area contributed by atoms with Crippen LogP contribution in [0.25, 0.3) is 22.3 Å². The van der Waals surface area contributed by atoms with E-state index in [-0.39, 0.29) is 5.91 Å². The van der Waals surface area contributed by atoms with Crippen molar-refractivity contribution in [1.82, 2.24) is 29.6 Å². The highest BCUT2D eigenvalue weighted by Gasteiger charge is 2.27. The Kier molecular flexibility index (Phi) is 3.86. The second kappa shape index (κ2) is 6.53. The number of pyridine rings is 1. The molecule has 7 nitrogen and oxygen atoms in total. The van der Waals surface area contributed by atoms with E-state index in [1.807, 2.05) is 47.1 Å². The second-order valence-electron chi connectivity index (χ2n) is 6.88. The molecular formula is C21H18N6O. The number of fused-ring (bicyclic) bond motifs is 2. The van der Waals surface area contributed by atoms with E-state index in [9.17, 15) is 4.79 Å². The van der Waals surface area contributed by atoms with Crippen molar-refractivity contribution in [3.8, 4) is 11.3 Å². The molecule has 0 N–H and O–H groups in total. The van der Waals surface area contributed by atoms with Crippen LogP contribution < -0.4 is 0 Å². The van der Waals surface area contributed by atoms with E-state index in [0.717, 1.165) is 34.4 Å². The zero-order valence-electron chi connectivity index (χ0n) is 15.4. The van der Waals surface area contributed by atoms with Gasteiger partial charge in [0.05, 0.1) is 29.0 Å². The maximum absolute atomic E-state index is 13.0. The average Bonchev–Trinajstić information content (AvgIpc) is 3.08. The maximum atomic E-state index is 13.0. The van der Waals surface area contributed by atoms with Gasteiger partial charge in [0.15, 0.2) is 0 Å². The quantitative estimate of drug-likeness (QED) is 0.542. The molecule has 0 unspecified atom stereocenters. The van der Waals surface area contributed by atoms with Crippen molar-refractivity contribution in [3.63, 3.8) is 0 Å². The third-order valence-corrected chi connectivity index (χ3v) is 5.14. The Morgan fingerprint density at radius 2 is 1.93 bits per heavy atom. The molecule has 1 aliphatic heterocycles. The number of aromatic nitrogens is 5. The average molecular weight is 370 g/mol. The predicted molar refractivity (Wildman–Crippen MR) is 104 cm³/mol. The number of benzene rings is 1. The molecule has 0 atom stereocenters. The zero-order chi connectivity index (χ0) is 19.1. The first-order valence-corrected chi connectivity index (χ1v) is 9.16. The van der Waals surface area contributed by atoms with Crippen LogP contribution in [0.15, 0.2) is 55.1 Å². The number of hydrogen-bond donors (Lipinski definition) is 0. The molecular weight excluding hydrogens is 352 g/mol. The van der Waals surface area contributed by atoms with Crippen molar-refractivity contribution in [2.24, 2.45) is 7.05 Å². The number of aryl methyl sites for hydroxylation is 1. The summed E-state index contributed by atoms with van der Waals surface area (Å²) in [6.07, 6.45) is 7.67. The van der Waals surface area contributed by atoms with Gasteiger partial charge in [0.25, 0.3) is 5.91 Å². The number of carbonyl (C=O) groups excluding carboxylic acids is 1. The fourth-order valence-corrected chi connectivity index (χ4v) is 3.84. The molecule has 3 aromatic heterocycles. The van der Waals surface area contributed by atoms with Gasteiger partial charge in [0.2, 0.25) is 0 Å². The monoisotopic (exact) mass is 370 g/mol. The van der Waals surface area contributed by atoms with Crippen molar-refractivity contribution in [2.45, 2.75) is 13.0 Å².